The molecule has 0 aliphatic heterocycles. The van der Waals surface area contributed by atoms with E-state index in [2.05, 4.69) is 23.8 Å². The van der Waals surface area contributed by atoms with Crippen LogP contribution in [0.3, 0.4) is 0 Å². The second kappa shape index (κ2) is 8.70. The summed E-state index contributed by atoms with van der Waals surface area (Å²) in [5.41, 5.74) is 2.11. The zero-order valence-corrected chi connectivity index (χ0v) is 17.9. The molecule has 2 heterocycles. The minimum Gasteiger partial charge on any atom is -0.494 e. The van der Waals surface area contributed by atoms with Gasteiger partial charge in [0.2, 0.25) is 0 Å². The quantitative estimate of drug-likeness (QED) is 0.579. The molecule has 0 fully saturated rings. The van der Waals surface area contributed by atoms with Gasteiger partial charge >= 0.3 is 0 Å². The van der Waals surface area contributed by atoms with E-state index in [0.717, 1.165) is 35.4 Å². The molecule has 1 aromatic carbocycles. The number of benzene rings is 1. The summed E-state index contributed by atoms with van der Waals surface area (Å²) in [6, 6.07) is 5.82. The first-order chi connectivity index (χ1) is 13.5. The van der Waals surface area contributed by atoms with Crippen molar-refractivity contribution in [2.24, 2.45) is 7.05 Å². The Balaban J connectivity index is 2.00. The molecule has 0 aliphatic carbocycles. The van der Waals surface area contributed by atoms with Crippen molar-refractivity contribution in [1.82, 2.24) is 19.7 Å². The lowest BCUT2D eigenvalue weighted by Gasteiger charge is -2.24. The lowest BCUT2D eigenvalue weighted by molar-refractivity contribution is 0.0977. The third kappa shape index (κ3) is 4.02. The van der Waals surface area contributed by atoms with Crippen molar-refractivity contribution >= 4 is 32.6 Å². The van der Waals surface area contributed by atoms with E-state index in [1.807, 2.05) is 38.4 Å². The number of anilines is 1. The number of thiazole rings is 1. The Kier molecular flexibility index (Phi) is 6.31. The number of rotatable bonds is 8. The second-order valence-corrected chi connectivity index (χ2v) is 7.63. The van der Waals surface area contributed by atoms with Gasteiger partial charge in [-0.3, -0.25) is 14.4 Å². The topological polar surface area (TPSA) is 63.5 Å². The van der Waals surface area contributed by atoms with Crippen molar-refractivity contribution < 1.29 is 9.53 Å². The molecule has 0 saturated carbocycles. The number of aromatic nitrogens is 3. The van der Waals surface area contributed by atoms with E-state index < -0.39 is 0 Å². The number of fused-ring (bicyclic) bond motifs is 1. The Bertz CT molecular complexity index is 961. The lowest BCUT2D eigenvalue weighted by atomic mass is 10.2. The molecule has 3 aromatic rings. The number of amides is 1. The highest BCUT2D eigenvalue weighted by atomic mass is 32.1. The fraction of sp³-hybridized carbons (Fsp3) is 0.450. The van der Waals surface area contributed by atoms with Crippen LogP contribution in [-0.2, 0) is 7.05 Å². The number of ether oxygens (including phenoxy) is 1. The molecule has 0 spiro atoms. The van der Waals surface area contributed by atoms with Crippen LogP contribution in [0.5, 0.6) is 5.75 Å². The first kappa shape index (κ1) is 20.3. The maximum atomic E-state index is 13.4. The van der Waals surface area contributed by atoms with E-state index in [1.165, 1.54) is 11.3 Å². The van der Waals surface area contributed by atoms with Gasteiger partial charge in [-0.05, 0) is 32.1 Å². The minimum absolute atomic E-state index is 0.122. The number of likely N-dealkylation sites (N-methyl/N-ethyl adjacent to an activating group) is 1. The van der Waals surface area contributed by atoms with E-state index in [9.17, 15) is 4.79 Å². The fourth-order valence-corrected chi connectivity index (χ4v) is 4.21. The van der Waals surface area contributed by atoms with E-state index in [1.54, 1.807) is 16.7 Å². The van der Waals surface area contributed by atoms with Gasteiger partial charge in [0.05, 0.1) is 11.8 Å². The smallest absolute Gasteiger partial charge is 0.280 e. The standard InChI is InChI=1S/C20H27N5O2S/c1-6-24(7-2)11-12-25(19(26)17-14(3)13-23(4)22-17)20-21-18-15(27-5)9-8-10-16(18)28-20/h8-10,13H,6-7,11-12H2,1-5H3. The summed E-state index contributed by atoms with van der Waals surface area (Å²) in [6.07, 6.45) is 1.86. The van der Waals surface area contributed by atoms with Crippen molar-refractivity contribution in [3.8, 4) is 5.75 Å². The number of para-hydroxylation sites is 1. The molecule has 3 rings (SSSR count). The van der Waals surface area contributed by atoms with E-state index >= 15 is 0 Å². The van der Waals surface area contributed by atoms with Gasteiger partial charge in [-0.15, -0.1) is 0 Å². The number of methoxy groups -OCH3 is 1. The molecule has 0 unspecified atom stereocenters. The Labute approximate surface area is 169 Å². The summed E-state index contributed by atoms with van der Waals surface area (Å²) in [7, 11) is 3.46. The van der Waals surface area contributed by atoms with Crippen LogP contribution >= 0.6 is 11.3 Å². The van der Waals surface area contributed by atoms with Gasteiger partial charge in [-0.1, -0.05) is 31.3 Å². The summed E-state index contributed by atoms with van der Waals surface area (Å²) in [5.74, 6) is 0.591. The highest BCUT2D eigenvalue weighted by Gasteiger charge is 2.25. The van der Waals surface area contributed by atoms with Crippen LogP contribution in [-0.4, -0.2) is 58.9 Å². The van der Waals surface area contributed by atoms with Crippen molar-refractivity contribution in [2.75, 3.05) is 38.2 Å². The highest BCUT2D eigenvalue weighted by Crippen LogP contribution is 2.34. The van der Waals surface area contributed by atoms with Gasteiger partial charge in [0.25, 0.3) is 5.91 Å². The monoisotopic (exact) mass is 401 g/mol. The first-order valence-corrected chi connectivity index (χ1v) is 10.3. The Hall–Kier alpha value is -2.45. The second-order valence-electron chi connectivity index (χ2n) is 6.62. The number of carbonyl (C=O) groups excluding carboxylic acids is 1. The van der Waals surface area contributed by atoms with E-state index in [-0.39, 0.29) is 5.91 Å². The zero-order chi connectivity index (χ0) is 20.3. The predicted molar refractivity (Wildman–Crippen MR) is 114 cm³/mol. The van der Waals surface area contributed by atoms with Crippen molar-refractivity contribution in [3.05, 3.63) is 35.7 Å². The van der Waals surface area contributed by atoms with Crippen LogP contribution in [0.15, 0.2) is 24.4 Å². The molecule has 28 heavy (non-hydrogen) atoms. The SMILES string of the molecule is CCN(CC)CCN(C(=O)c1nn(C)cc1C)c1nc2c(OC)cccc2s1. The maximum absolute atomic E-state index is 13.4. The Morgan fingerprint density at radius 2 is 2.00 bits per heavy atom. The molecule has 7 nitrogen and oxygen atoms in total. The molecule has 150 valence electrons. The van der Waals surface area contributed by atoms with Gasteiger partial charge in [-0.25, -0.2) is 4.98 Å². The van der Waals surface area contributed by atoms with Crippen molar-refractivity contribution in [1.29, 1.82) is 0 Å². The Morgan fingerprint density at radius 1 is 1.25 bits per heavy atom. The molecular weight excluding hydrogens is 374 g/mol. The Morgan fingerprint density at radius 3 is 2.61 bits per heavy atom. The van der Waals surface area contributed by atoms with Gasteiger partial charge in [0.15, 0.2) is 10.8 Å². The minimum atomic E-state index is -0.122. The van der Waals surface area contributed by atoms with Gasteiger partial charge < -0.3 is 9.64 Å². The summed E-state index contributed by atoms with van der Waals surface area (Å²) >= 11 is 1.50. The average molecular weight is 402 g/mol. The molecule has 0 aliphatic rings. The largest absolute Gasteiger partial charge is 0.494 e. The number of hydrogen-bond donors (Lipinski definition) is 0. The van der Waals surface area contributed by atoms with Gasteiger partial charge in [0.1, 0.15) is 11.3 Å². The summed E-state index contributed by atoms with van der Waals surface area (Å²) in [6.45, 7) is 9.37. The molecule has 0 bridgehead atoms. The molecule has 0 saturated heterocycles. The summed E-state index contributed by atoms with van der Waals surface area (Å²) < 4.78 is 8.10. The van der Waals surface area contributed by atoms with Crippen LogP contribution in [0, 0.1) is 6.92 Å². The molecule has 0 atom stereocenters. The van der Waals surface area contributed by atoms with Gasteiger partial charge in [0, 0.05) is 31.9 Å². The molecular formula is C20H27N5O2S. The molecule has 0 N–H and O–H groups in total. The van der Waals surface area contributed by atoms with Gasteiger partial charge in [-0.2, -0.15) is 5.10 Å². The van der Waals surface area contributed by atoms with Crippen LogP contribution in [0.25, 0.3) is 10.2 Å². The molecule has 8 heteroatoms. The average Bonchev–Trinajstić information content (AvgIpc) is 3.27. The van der Waals surface area contributed by atoms with Crippen LogP contribution in [0.1, 0.15) is 29.9 Å². The van der Waals surface area contributed by atoms with E-state index in [4.69, 9.17) is 9.72 Å². The predicted octanol–water partition coefficient (Wildman–Crippen LogP) is 3.34. The molecule has 0 radical (unpaired) electrons. The van der Waals surface area contributed by atoms with Crippen LogP contribution in [0.4, 0.5) is 5.13 Å². The third-order valence-corrected chi connectivity index (χ3v) is 5.86. The number of nitrogens with zero attached hydrogens (tertiary/aromatic N) is 5. The summed E-state index contributed by atoms with van der Waals surface area (Å²) in [5, 5.41) is 5.04. The maximum Gasteiger partial charge on any atom is 0.280 e. The van der Waals surface area contributed by atoms with Crippen LogP contribution in [0.2, 0.25) is 0 Å². The summed E-state index contributed by atoms with van der Waals surface area (Å²) in [4.78, 5) is 22.1. The normalized spacial score (nSPS) is 11.4. The number of hydrogen-bond acceptors (Lipinski definition) is 6. The fourth-order valence-electron chi connectivity index (χ4n) is 3.20. The highest BCUT2D eigenvalue weighted by molar-refractivity contribution is 7.22. The first-order valence-electron chi connectivity index (χ1n) is 9.46. The number of aryl methyl sites for hydroxylation is 2. The van der Waals surface area contributed by atoms with Crippen LogP contribution < -0.4 is 9.64 Å². The van der Waals surface area contributed by atoms with E-state index in [0.29, 0.717) is 23.1 Å². The molecule has 2 aromatic heterocycles. The third-order valence-electron chi connectivity index (χ3n) is 4.82. The zero-order valence-electron chi connectivity index (χ0n) is 17.1. The number of carbonyl (C=O) groups is 1. The van der Waals surface area contributed by atoms with Crippen molar-refractivity contribution in [3.63, 3.8) is 0 Å². The van der Waals surface area contributed by atoms with Crippen molar-refractivity contribution in [2.45, 2.75) is 20.8 Å². The molecule has 1 amide bonds. The lowest BCUT2D eigenvalue weighted by Crippen LogP contribution is -2.39.